The second-order valence-corrected chi connectivity index (χ2v) is 7.88. The molecule has 0 saturated carbocycles. The van der Waals surface area contributed by atoms with Crippen LogP contribution >= 0.6 is 11.6 Å². The molecule has 0 atom stereocenters. The lowest BCUT2D eigenvalue weighted by molar-refractivity contribution is -0.120. The molecule has 0 aromatic heterocycles. The monoisotopic (exact) mass is 463 g/mol. The first-order chi connectivity index (χ1) is 15.8. The summed E-state index contributed by atoms with van der Waals surface area (Å²) < 4.78 is 13.9. The Balaban J connectivity index is 1.82. The minimum absolute atomic E-state index is 0.0434. The van der Waals surface area contributed by atoms with Gasteiger partial charge in [0, 0.05) is 23.3 Å². The van der Waals surface area contributed by atoms with Crippen LogP contribution in [0.1, 0.15) is 18.1 Å². The van der Waals surface area contributed by atoms with Gasteiger partial charge < -0.3 is 10.6 Å². The largest absolute Gasteiger partial charge is 0.350 e. The number of carbonyl (C=O) groups excluding carboxylic acids is 3. The molecule has 4 rings (SSSR count). The summed E-state index contributed by atoms with van der Waals surface area (Å²) in [6.07, 6.45) is 0. The fraction of sp³-hybridized carbons (Fsp3) is 0.0800. The average Bonchev–Trinajstić information content (AvgIpc) is 3.01. The minimum atomic E-state index is -0.620. The molecule has 33 heavy (non-hydrogen) atoms. The number of nitrogens with zero attached hydrogens (tertiary/aromatic N) is 1. The van der Waals surface area contributed by atoms with E-state index in [1.807, 2.05) is 0 Å². The molecular formula is C25H19ClFN3O3. The zero-order valence-corrected chi connectivity index (χ0v) is 18.5. The van der Waals surface area contributed by atoms with Crippen LogP contribution in [-0.4, -0.2) is 17.7 Å². The van der Waals surface area contributed by atoms with E-state index in [1.54, 1.807) is 49.4 Å². The quantitative estimate of drug-likeness (QED) is 0.513. The normalized spacial score (nSPS) is 13.5. The number of nitrogens with one attached hydrogen (secondary N) is 2. The summed E-state index contributed by atoms with van der Waals surface area (Å²) in [6.45, 7) is 3.18. The lowest BCUT2D eigenvalue weighted by Gasteiger charge is -2.16. The van der Waals surface area contributed by atoms with Crippen LogP contribution in [0.2, 0.25) is 5.02 Å². The molecule has 0 fully saturated rings. The third-order valence-corrected chi connectivity index (χ3v) is 5.58. The van der Waals surface area contributed by atoms with Gasteiger partial charge in [-0.25, -0.2) is 9.29 Å². The molecule has 6 nitrogen and oxygen atoms in total. The number of hydrogen-bond donors (Lipinski definition) is 2. The number of carbonyl (C=O) groups is 3. The topological polar surface area (TPSA) is 78.5 Å². The molecule has 3 aromatic rings. The molecule has 1 aliphatic heterocycles. The number of rotatable bonds is 5. The Morgan fingerprint density at radius 3 is 2.33 bits per heavy atom. The van der Waals surface area contributed by atoms with Gasteiger partial charge in [0.25, 0.3) is 11.8 Å². The van der Waals surface area contributed by atoms with Crippen molar-refractivity contribution < 1.29 is 18.8 Å². The third-order valence-electron chi connectivity index (χ3n) is 5.17. The van der Waals surface area contributed by atoms with Crippen LogP contribution in [0, 0.1) is 12.7 Å². The van der Waals surface area contributed by atoms with Crippen molar-refractivity contribution in [1.29, 1.82) is 0 Å². The van der Waals surface area contributed by atoms with Crippen molar-refractivity contribution in [2.75, 3.05) is 15.5 Å². The molecule has 3 aromatic carbocycles. The number of hydrogen-bond acceptors (Lipinski definition) is 4. The van der Waals surface area contributed by atoms with E-state index in [-0.39, 0.29) is 22.9 Å². The fourth-order valence-electron chi connectivity index (χ4n) is 3.56. The van der Waals surface area contributed by atoms with Gasteiger partial charge in [-0.2, -0.15) is 0 Å². The Morgan fingerprint density at radius 1 is 0.970 bits per heavy atom. The SMILES string of the molecule is CC(=O)Nc1ccc(C2=C(Nc3cccc(Cl)c3C)C(=O)N(c3cccc(F)c3)C2=O)cc1. The number of imide groups is 1. The van der Waals surface area contributed by atoms with Gasteiger partial charge in [-0.05, 0) is 60.5 Å². The smallest absolute Gasteiger partial charge is 0.282 e. The van der Waals surface area contributed by atoms with Crippen LogP contribution in [0.15, 0.2) is 72.4 Å². The van der Waals surface area contributed by atoms with Crippen LogP contribution in [0.3, 0.4) is 0 Å². The Bertz CT molecular complexity index is 1320. The molecule has 8 heteroatoms. The molecule has 0 saturated heterocycles. The van der Waals surface area contributed by atoms with E-state index in [2.05, 4.69) is 10.6 Å². The van der Waals surface area contributed by atoms with Gasteiger partial charge >= 0.3 is 0 Å². The molecule has 0 radical (unpaired) electrons. The molecule has 0 unspecified atom stereocenters. The maximum absolute atomic E-state index is 13.9. The Morgan fingerprint density at radius 2 is 1.67 bits per heavy atom. The molecule has 0 spiro atoms. The van der Waals surface area contributed by atoms with E-state index in [0.29, 0.717) is 27.5 Å². The first-order valence-corrected chi connectivity index (χ1v) is 10.4. The summed E-state index contributed by atoms with van der Waals surface area (Å²) in [5.41, 5.74) is 2.56. The van der Waals surface area contributed by atoms with Crippen molar-refractivity contribution in [2.24, 2.45) is 0 Å². The Hall–Kier alpha value is -3.97. The maximum Gasteiger partial charge on any atom is 0.282 e. The Labute approximate surface area is 194 Å². The summed E-state index contributed by atoms with van der Waals surface area (Å²) in [6, 6.07) is 17.0. The zero-order valence-electron chi connectivity index (χ0n) is 17.8. The molecule has 0 bridgehead atoms. The number of halogens is 2. The van der Waals surface area contributed by atoms with Gasteiger partial charge in [-0.1, -0.05) is 35.9 Å². The van der Waals surface area contributed by atoms with Gasteiger partial charge in [0.05, 0.1) is 11.3 Å². The van der Waals surface area contributed by atoms with Crippen molar-refractivity contribution >= 4 is 52.0 Å². The molecule has 0 aliphatic carbocycles. The van der Waals surface area contributed by atoms with Gasteiger partial charge in [0.15, 0.2) is 0 Å². The van der Waals surface area contributed by atoms with Gasteiger partial charge in [-0.15, -0.1) is 0 Å². The Kier molecular flexibility index (Phi) is 5.98. The predicted octanol–water partition coefficient (Wildman–Crippen LogP) is 5.14. The lowest BCUT2D eigenvalue weighted by atomic mass is 10.0. The highest BCUT2D eigenvalue weighted by Crippen LogP contribution is 2.35. The van der Waals surface area contributed by atoms with Gasteiger partial charge in [0.1, 0.15) is 11.5 Å². The van der Waals surface area contributed by atoms with Crippen LogP contribution in [0.25, 0.3) is 5.57 Å². The fourth-order valence-corrected chi connectivity index (χ4v) is 3.74. The molecule has 166 valence electrons. The molecule has 1 heterocycles. The first kappa shape index (κ1) is 22.2. The maximum atomic E-state index is 13.9. The highest BCUT2D eigenvalue weighted by Gasteiger charge is 2.40. The second-order valence-electron chi connectivity index (χ2n) is 7.47. The van der Waals surface area contributed by atoms with E-state index in [9.17, 15) is 18.8 Å². The van der Waals surface area contributed by atoms with E-state index in [1.165, 1.54) is 25.1 Å². The van der Waals surface area contributed by atoms with E-state index in [0.717, 1.165) is 11.0 Å². The first-order valence-electron chi connectivity index (χ1n) is 10.0. The standard InChI is InChI=1S/C25H19ClFN3O3/c1-14-20(26)7-4-8-21(14)29-23-22(16-9-11-18(12-10-16)28-15(2)31)24(32)30(25(23)33)19-6-3-5-17(27)13-19/h3-13,29H,1-2H3,(H,28,31). The number of anilines is 3. The van der Waals surface area contributed by atoms with Crippen LogP contribution < -0.4 is 15.5 Å². The van der Waals surface area contributed by atoms with Gasteiger partial charge in [0.2, 0.25) is 5.91 Å². The summed E-state index contributed by atoms with van der Waals surface area (Å²) in [5, 5.41) is 6.22. The predicted molar refractivity (Wildman–Crippen MR) is 126 cm³/mol. The van der Waals surface area contributed by atoms with Crippen molar-refractivity contribution in [1.82, 2.24) is 0 Å². The molecule has 1 aliphatic rings. The van der Waals surface area contributed by atoms with E-state index >= 15 is 0 Å². The summed E-state index contributed by atoms with van der Waals surface area (Å²) in [7, 11) is 0. The number of benzene rings is 3. The summed E-state index contributed by atoms with van der Waals surface area (Å²) in [4.78, 5) is 39.1. The molecule has 3 amide bonds. The van der Waals surface area contributed by atoms with Crippen molar-refractivity contribution in [3.05, 3.63) is 94.4 Å². The van der Waals surface area contributed by atoms with Crippen molar-refractivity contribution in [2.45, 2.75) is 13.8 Å². The minimum Gasteiger partial charge on any atom is -0.350 e. The van der Waals surface area contributed by atoms with E-state index in [4.69, 9.17) is 11.6 Å². The van der Waals surface area contributed by atoms with Crippen LogP contribution in [0.4, 0.5) is 21.5 Å². The summed E-state index contributed by atoms with van der Waals surface area (Å²) in [5.74, 6) is -2.02. The molecular weight excluding hydrogens is 445 g/mol. The second kappa shape index (κ2) is 8.88. The van der Waals surface area contributed by atoms with Crippen molar-refractivity contribution in [3.63, 3.8) is 0 Å². The third kappa shape index (κ3) is 4.36. The molecule has 2 N–H and O–H groups in total. The van der Waals surface area contributed by atoms with Crippen LogP contribution in [0.5, 0.6) is 0 Å². The van der Waals surface area contributed by atoms with Gasteiger partial charge in [-0.3, -0.25) is 14.4 Å². The van der Waals surface area contributed by atoms with E-state index < -0.39 is 17.6 Å². The zero-order chi connectivity index (χ0) is 23.7. The van der Waals surface area contributed by atoms with Crippen molar-refractivity contribution in [3.8, 4) is 0 Å². The lowest BCUT2D eigenvalue weighted by Crippen LogP contribution is -2.32. The average molecular weight is 464 g/mol. The summed E-state index contributed by atoms with van der Waals surface area (Å²) >= 11 is 6.22. The van der Waals surface area contributed by atoms with Crippen LogP contribution in [-0.2, 0) is 14.4 Å². The number of amides is 3. The highest BCUT2D eigenvalue weighted by atomic mass is 35.5. The highest BCUT2D eigenvalue weighted by molar-refractivity contribution is 6.46.